The molecule has 0 aliphatic rings. The number of benzene rings is 2. The molecule has 0 aromatic heterocycles. The maximum Gasteiger partial charge on any atom is 0.289 e. The Morgan fingerprint density at radius 2 is 1.90 bits per heavy atom. The minimum absolute atomic E-state index is 0.0327. The third-order valence-corrected chi connectivity index (χ3v) is 3.34. The number of carbonyl (C=O) groups excluding carboxylic acids is 1. The zero-order chi connectivity index (χ0) is 15.4. The van der Waals surface area contributed by atoms with Gasteiger partial charge in [0.2, 0.25) is 0 Å². The van der Waals surface area contributed by atoms with E-state index in [2.05, 4.69) is 5.32 Å². The third kappa shape index (κ3) is 3.58. The highest BCUT2D eigenvalue weighted by Crippen LogP contribution is 2.27. The number of nitrogens with zero attached hydrogens (tertiary/aromatic N) is 1. The van der Waals surface area contributed by atoms with Gasteiger partial charge in [-0.1, -0.05) is 30.7 Å². The van der Waals surface area contributed by atoms with Crippen LogP contribution in [0.4, 0.5) is 11.4 Å². The fourth-order valence-corrected chi connectivity index (χ4v) is 2.01. The molecule has 1 amide bonds. The van der Waals surface area contributed by atoms with Crippen molar-refractivity contribution in [2.75, 3.05) is 5.32 Å². The second kappa shape index (κ2) is 6.37. The van der Waals surface area contributed by atoms with Crippen molar-refractivity contribution in [1.82, 2.24) is 0 Å². The van der Waals surface area contributed by atoms with Gasteiger partial charge in [-0.15, -0.1) is 0 Å². The van der Waals surface area contributed by atoms with Crippen molar-refractivity contribution in [1.29, 1.82) is 0 Å². The lowest BCUT2D eigenvalue weighted by Crippen LogP contribution is -2.12. The summed E-state index contributed by atoms with van der Waals surface area (Å²) in [6.45, 7) is 2.03. The average molecular weight is 305 g/mol. The van der Waals surface area contributed by atoms with Crippen molar-refractivity contribution in [3.05, 3.63) is 68.7 Å². The molecule has 2 aromatic rings. The molecule has 2 aromatic carbocycles. The Labute approximate surface area is 126 Å². The van der Waals surface area contributed by atoms with Crippen LogP contribution in [-0.2, 0) is 6.42 Å². The van der Waals surface area contributed by atoms with Gasteiger partial charge < -0.3 is 5.32 Å². The summed E-state index contributed by atoms with van der Waals surface area (Å²) in [6, 6.07) is 11.3. The summed E-state index contributed by atoms with van der Waals surface area (Å²) in [5, 5.41) is 13.5. The standard InChI is InChI=1S/C15H13ClN2O3/c1-2-10-3-5-11(6-4-10)15(19)17-12-7-8-13(16)14(9-12)18(20)21/h3-9H,2H2,1H3,(H,17,19). The Kier molecular flexibility index (Phi) is 4.55. The summed E-state index contributed by atoms with van der Waals surface area (Å²) in [4.78, 5) is 22.3. The van der Waals surface area contributed by atoms with Crippen molar-refractivity contribution in [3.63, 3.8) is 0 Å². The summed E-state index contributed by atoms with van der Waals surface area (Å²) in [7, 11) is 0. The topological polar surface area (TPSA) is 72.2 Å². The number of aryl methyl sites for hydroxylation is 1. The van der Waals surface area contributed by atoms with E-state index in [0.717, 1.165) is 12.0 Å². The second-order valence-electron chi connectivity index (χ2n) is 4.43. The molecular weight excluding hydrogens is 292 g/mol. The van der Waals surface area contributed by atoms with Crippen molar-refractivity contribution < 1.29 is 9.72 Å². The molecule has 0 saturated carbocycles. The molecule has 0 saturated heterocycles. The number of anilines is 1. The first-order chi connectivity index (χ1) is 10.0. The molecule has 0 aliphatic heterocycles. The highest BCUT2D eigenvalue weighted by molar-refractivity contribution is 6.32. The van der Waals surface area contributed by atoms with E-state index in [1.54, 1.807) is 12.1 Å². The van der Waals surface area contributed by atoms with Gasteiger partial charge in [-0.25, -0.2) is 0 Å². The SMILES string of the molecule is CCc1ccc(C(=O)Nc2ccc(Cl)c([N+](=O)[O-])c2)cc1. The van der Waals surface area contributed by atoms with Crippen LogP contribution in [0.15, 0.2) is 42.5 Å². The first-order valence-electron chi connectivity index (χ1n) is 6.35. The van der Waals surface area contributed by atoms with Crippen LogP contribution >= 0.6 is 11.6 Å². The summed E-state index contributed by atoms with van der Waals surface area (Å²) in [5.41, 5.74) is 1.71. The fourth-order valence-electron chi connectivity index (χ4n) is 1.83. The lowest BCUT2D eigenvalue weighted by molar-refractivity contribution is -0.384. The molecule has 108 valence electrons. The van der Waals surface area contributed by atoms with E-state index in [9.17, 15) is 14.9 Å². The van der Waals surface area contributed by atoms with Gasteiger partial charge in [0.25, 0.3) is 11.6 Å². The van der Waals surface area contributed by atoms with E-state index in [1.807, 2.05) is 19.1 Å². The largest absolute Gasteiger partial charge is 0.322 e. The predicted molar refractivity (Wildman–Crippen MR) is 81.9 cm³/mol. The van der Waals surface area contributed by atoms with Gasteiger partial charge in [-0.3, -0.25) is 14.9 Å². The van der Waals surface area contributed by atoms with Crippen molar-refractivity contribution >= 4 is 28.9 Å². The van der Waals surface area contributed by atoms with Gasteiger partial charge in [0.1, 0.15) is 5.02 Å². The molecular formula is C15H13ClN2O3. The molecule has 0 fully saturated rings. The quantitative estimate of drug-likeness (QED) is 0.683. The number of hydrogen-bond donors (Lipinski definition) is 1. The monoisotopic (exact) mass is 304 g/mol. The van der Waals surface area contributed by atoms with E-state index in [4.69, 9.17) is 11.6 Å². The van der Waals surface area contributed by atoms with Crippen molar-refractivity contribution in [2.45, 2.75) is 13.3 Å². The van der Waals surface area contributed by atoms with Crippen LogP contribution < -0.4 is 5.32 Å². The molecule has 1 N–H and O–H groups in total. The molecule has 0 unspecified atom stereocenters. The summed E-state index contributed by atoms with van der Waals surface area (Å²) >= 11 is 5.72. The maximum absolute atomic E-state index is 12.1. The zero-order valence-electron chi connectivity index (χ0n) is 11.3. The molecule has 5 nitrogen and oxygen atoms in total. The molecule has 0 aliphatic carbocycles. The van der Waals surface area contributed by atoms with E-state index < -0.39 is 4.92 Å². The highest BCUT2D eigenvalue weighted by Gasteiger charge is 2.14. The Bertz CT molecular complexity index is 684. The number of nitro groups is 1. The number of halogens is 1. The Morgan fingerprint density at radius 3 is 2.48 bits per heavy atom. The van der Waals surface area contributed by atoms with Crippen LogP contribution in [0.1, 0.15) is 22.8 Å². The van der Waals surface area contributed by atoms with Gasteiger partial charge in [-0.2, -0.15) is 0 Å². The van der Waals surface area contributed by atoms with E-state index in [-0.39, 0.29) is 16.6 Å². The number of carbonyl (C=O) groups is 1. The average Bonchev–Trinajstić information content (AvgIpc) is 2.49. The van der Waals surface area contributed by atoms with Crippen LogP contribution in [0.5, 0.6) is 0 Å². The Balaban J connectivity index is 2.19. The van der Waals surface area contributed by atoms with Crippen LogP contribution in [-0.4, -0.2) is 10.8 Å². The van der Waals surface area contributed by atoms with Crippen LogP contribution in [0.2, 0.25) is 5.02 Å². The third-order valence-electron chi connectivity index (χ3n) is 3.03. The normalized spacial score (nSPS) is 10.2. The predicted octanol–water partition coefficient (Wildman–Crippen LogP) is 4.06. The van der Waals surface area contributed by atoms with Gasteiger partial charge in [0, 0.05) is 17.3 Å². The van der Waals surface area contributed by atoms with Crippen LogP contribution in [0.3, 0.4) is 0 Å². The van der Waals surface area contributed by atoms with Gasteiger partial charge >= 0.3 is 0 Å². The summed E-state index contributed by atoms with van der Waals surface area (Å²) in [6.07, 6.45) is 0.894. The highest BCUT2D eigenvalue weighted by atomic mass is 35.5. The lowest BCUT2D eigenvalue weighted by Gasteiger charge is -2.06. The zero-order valence-corrected chi connectivity index (χ0v) is 12.1. The number of nitro benzene ring substituents is 1. The summed E-state index contributed by atoms with van der Waals surface area (Å²) < 4.78 is 0. The molecule has 0 spiro atoms. The Hall–Kier alpha value is -2.40. The minimum Gasteiger partial charge on any atom is -0.322 e. The lowest BCUT2D eigenvalue weighted by atomic mass is 10.1. The maximum atomic E-state index is 12.1. The summed E-state index contributed by atoms with van der Waals surface area (Å²) in [5.74, 6) is -0.325. The molecule has 2 rings (SSSR count). The number of nitrogens with one attached hydrogen (secondary N) is 1. The van der Waals surface area contributed by atoms with Gasteiger partial charge in [0.05, 0.1) is 4.92 Å². The number of hydrogen-bond acceptors (Lipinski definition) is 3. The number of rotatable bonds is 4. The first-order valence-corrected chi connectivity index (χ1v) is 6.73. The molecule has 0 atom stereocenters. The Morgan fingerprint density at radius 1 is 1.24 bits per heavy atom. The molecule has 21 heavy (non-hydrogen) atoms. The fraction of sp³-hybridized carbons (Fsp3) is 0.133. The molecule has 6 heteroatoms. The second-order valence-corrected chi connectivity index (χ2v) is 4.84. The smallest absolute Gasteiger partial charge is 0.289 e. The van der Waals surface area contributed by atoms with Gasteiger partial charge in [-0.05, 0) is 36.2 Å². The number of amides is 1. The molecule has 0 radical (unpaired) electrons. The van der Waals surface area contributed by atoms with E-state index in [0.29, 0.717) is 11.3 Å². The van der Waals surface area contributed by atoms with Crippen molar-refractivity contribution in [3.8, 4) is 0 Å². The van der Waals surface area contributed by atoms with E-state index in [1.165, 1.54) is 18.2 Å². The first kappa shape index (κ1) is 15.0. The molecule has 0 heterocycles. The van der Waals surface area contributed by atoms with Crippen LogP contribution in [0.25, 0.3) is 0 Å². The van der Waals surface area contributed by atoms with E-state index >= 15 is 0 Å². The van der Waals surface area contributed by atoms with Crippen LogP contribution in [0, 0.1) is 10.1 Å². The molecule has 0 bridgehead atoms. The van der Waals surface area contributed by atoms with Crippen molar-refractivity contribution in [2.24, 2.45) is 0 Å². The van der Waals surface area contributed by atoms with Gasteiger partial charge in [0.15, 0.2) is 0 Å². The minimum atomic E-state index is -0.589.